The van der Waals surface area contributed by atoms with Gasteiger partial charge in [-0.15, -0.1) is 11.3 Å². The maximum atomic E-state index is 12.4. The first-order valence-corrected chi connectivity index (χ1v) is 10.6. The van der Waals surface area contributed by atoms with Crippen LogP contribution < -0.4 is 10.3 Å². The number of aromatic nitrogens is 2. The highest BCUT2D eigenvalue weighted by atomic mass is 32.2. The highest BCUT2D eigenvalue weighted by molar-refractivity contribution is 7.89. The van der Waals surface area contributed by atoms with Crippen molar-refractivity contribution in [3.63, 3.8) is 0 Å². The third kappa shape index (κ3) is 4.53. The molecule has 1 N–H and O–H groups in total. The molecular weight excluding hydrogens is 402 g/mol. The molecule has 2 aromatic heterocycles. The molecule has 0 amide bonds. The molecule has 0 spiro atoms. The smallest absolute Gasteiger partial charge is 0.337 e. The van der Waals surface area contributed by atoms with Crippen LogP contribution in [0, 0.1) is 0 Å². The van der Waals surface area contributed by atoms with Crippen LogP contribution in [0.1, 0.15) is 10.4 Å². The van der Waals surface area contributed by atoms with E-state index in [0.29, 0.717) is 5.69 Å². The summed E-state index contributed by atoms with van der Waals surface area (Å²) in [5.41, 5.74) is 0.584. The standard InChI is InChI=1S/C18H17N3O5S2/c1-26-18(23)13-4-6-14(7-5-13)28(24,25)19-10-11-21-17(22)9-8-15(20-21)16-3-2-12-27-16/h2-9,12,19H,10-11H2,1H3. The fourth-order valence-corrected chi connectivity index (χ4v) is 4.13. The van der Waals surface area contributed by atoms with Crippen LogP contribution in [0.25, 0.3) is 10.6 Å². The predicted molar refractivity (Wildman–Crippen MR) is 105 cm³/mol. The van der Waals surface area contributed by atoms with E-state index < -0.39 is 16.0 Å². The Morgan fingerprint density at radius 1 is 1.18 bits per heavy atom. The average Bonchev–Trinajstić information content (AvgIpc) is 3.23. The van der Waals surface area contributed by atoms with Gasteiger partial charge in [0.05, 0.1) is 29.0 Å². The number of nitrogens with zero attached hydrogens (tertiary/aromatic N) is 2. The van der Waals surface area contributed by atoms with Gasteiger partial charge < -0.3 is 4.74 Å². The summed E-state index contributed by atoms with van der Waals surface area (Å²) in [5, 5.41) is 6.18. The number of rotatable bonds is 7. The third-order valence-electron chi connectivity index (χ3n) is 3.84. The van der Waals surface area contributed by atoms with Gasteiger partial charge in [0.2, 0.25) is 10.0 Å². The second kappa shape index (κ2) is 8.46. The van der Waals surface area contributed by atoms with E-state index in [2.05, 4.69) is 14.6 Å². The maximum Gasteiger partial charge on any atom is 0.337 e. The fraction of sp³-hybridized carbons (Fsp3) is 0.167. The highest BCUT2D eigenvalue weighted by Crippen LogP contribution is 2.21. The minimum absolute atomic E-state index is 0.00722. The number of methoxy groups -OCH3 is 1. The van der Waals surface area contributed by atoms with Crippen molar-refractivity contribution in [3.8, 4) is 10.6 Å². The van der Waals surface area contributed by atoms with Crippen molar-refractivity contribution in [2.75, 3.05) is 13.7 Å². The van der Waals surface area contributed by atoms with E-state index in [-0.39, 0.29) is 29.1 Å². The molecule has 146 valence electrons. The zero-order valence-corrected chi connectivity index (χ0v) is 16.5. The summed E-state index contributed by atoms with van der Waals surface area (Å²) in [6.07, 6.45) is 0. The molecule has 1 aromatic carbocycles. The van der Waals surface area contributed by atoms with Crippen molar-refractivity contribution >= 4 is 27.3 Å². The quantitative estimate of drug-likeness (QED) is 0.585. The Bertz CT molecular complexity index is 1120. The van der Waals surface area contributed by atoms with Gasteiger partial charge in [-0.2, -0.15) is 5.10 Å². The molecule has 0 fully saturated rings. The second-order valence-corrected chi connectivity index (χ2v) is 8.39. The van der Waals surface area contributed by atoms with Crippen molar-refractivity contribution in [1.29, 1.82) is 0 Å². The summed E-state index contributed by atoms with van der Waals surface area (Å²) in [7, 11) is -2.54. The molecule has 8 nitrogen and oxygen atoms in total. The first kappa shape index (κ1) is 19.9. The van der Waals surface area contributed by atoms with Crippen molar-refractivity contribution in [2.45, 2.75) is 11.4 Å². The molecule has 28 heavy (non-hydrogen) atoms. The Balaban J connectivity index is 1.68. The van der Waals surface area contributed by atoms with Crippen LogP contribution in [0.15, 0.2) is 63.6 Å². The van der Waals surface area contributed by atoms with E-state index in [4.69, 9.17) is 0 Å². The van der Waals surface area contributed by atoms with Gasteiger partial charge in [0.25, 0.3) is 5.56 Å². The number of thiophene rings is 1. The maximum absolute atomic E-state index is 12.4. The largest absolute Gasteiger partial charge is 0.465 e. The van der Waals surface area contributed by atoms with Gasteiger partial charge in [0.1, 0.15) is 5.69 Å². The Kier molecular flexibility index (Phi) is 6.02. The van der Waals surface area contributed by atoms with Crippen molar-refractivity contribution < 1.29 is 17.9 Å². The van der Waals surface area contributed by atoms with Crippen molar-refractivity contribution in [3.05, 3.63) is 69.8 Å². The van der Waals surface area contributed by atoms with Gasteiger partial charge in [-0.3, -0.25) is 4.79 Å². The van der Waals surface area contributed by atoms with E-state index >= 15 is 0 Å². The number of ether oxygens (including phenoxy) is 1. The second-order valence-electron chi connectivity index (χ2n) is 5.67. The van der Waals surface area contributed by atoms with Gasteiger partial charge in [-0.1, -0.05) is 6.07 Å². The molecule has 0 radical (unpaired) electrons. The normalized spacial score (nSPS) is 11.3. The molecule has 0 aliphatic heterocycles. The van der Waals surface area contributed by atoms with Crippen LogP contribution >= 0.6 is 11.3 Å². The molecule has 0 aliphatic rings. The molecular formula is C18H17N3O5S2. The zero-order chi connectivity index (χ0) is 20.1. The van der Waals surface area contributed by atoms with E-state index in [1.807, 2.05) is 17.5 Å². The molecule has 0 aliphatic carbocycles. The van der Waals surface area contributed by atoms with E-state index in [9.17, 15) is 18.0 Å². The van der Waals surface area contributed by atoms with Gasteiger partial charge in [0.15, 0.2) is 0 Å². The average molecular weight is 419 g/mol. The van der Waals surface area contributed by atoms with Gasteiger partial charge in [-0.05, 0) is 41.8 Å². The first-order chi connectivity index (χ1) is 13.4. The molecule has 0 saturated carbocycles. The Labute approximate surface area is 165 Å². The number of benzene rings is 1. The molecule has 0 unspecified atom stereocenters. The van der Waals surface area contributed by atoms with E-state index in [0.717, 1.165) is 4.88 Å². The van der Waals surface area contributed by atoms with E-state index in [1.165, 1.54) is 53.5 Å². The minimum atomic E-state index is -3.79. The molecule has 0 atom stereocenters. The summed E-state index contributed by atoms with van der Waals surface area (Å²) in [5.74, 6) is -0.548. The van der Waals surface area contributed by atoms with Gasteiger partial charge >= 0.3 is 5.97 Å². The van der Waals surface area contributed by atoms with Crippen LogP contribution in [-0.2, 0) is 21.3 Å². The van der Waals surface area contributed by atoms with Gasteiger partial charge in [-0.25, -0.2) is 22.6 Å². The summed E-state index contributed by atoms with van der Waals surface area (Å²) >= 11 is 1.50. The zero-order valence-electron chi connectivity index (χ0n) is 14.9. The van der Waals surface area contributed by atoms with Crippen molar-refractivity contribution in [1.82, 2.24) is 14.5 Å². The monoisotopic (exact) mass is 419 g/mol. The lowest BCUT2D eigenvalue weighted by Crippen LogP contribution is -2.32. The number of carbonyl (C=O) groups is 1. The molecule has 2 heterocycles. The van der Waals surface area contributed by atoms with Crippen LogP contribution in [0.3, 0.4) is 0 Å². The molecule has 0 saturated heterocycles. The number of sulfonamides is 1. The topological polar surface area (TPSA) is 107 Å². The third-order valence-corrected chi connectivity index (χ3v) is 6.21. The number of carbonyl (C=O) groups excluding carboxylic acids is 1. The SMILES string of the molecule is COC(=O)c1ccc(S(=O)(=O)NCCn2nc(-c3cccs3)ccc2=O)cc1. The highest BCUT2D eigenvalue weighted by Gasteiger charge is 2.15. The number of hydrogen-bond acceptors (Lipinski definition) is 7. The van der Waals surface area contributed by atoms with Gasteiger partial charge in [0, 0.05) is 12.6 Å². The van der Waals surface area contributed by atoms with Crippen LogP contribution in [0.2, 0.25) is 0 Å². The van der Waals surface area contributed by atoms with Crippen molar-refractivity contribution in [2.24, 2.45) is 0 Å². The van der Waals surface area contributed by atoms with Crippen LogP contribution in [0.4, 0.5) is 0 Å². The number of nitrogens with one attached hydrogen (secondary N) is 1. The lowest BCUT2D eigenvalue weighted by atomic mass is 10.2. The summed E-state index contributed by atoms with van der Waals surface area (Å²) < 4.78 is 33.0. The Morgan fingerprint density at radius 2 is 1.93 bits per heavy atom. The van der Waals surface area contributed by atoms with Crippen LogP contribution in [-0.4, -0.2) is 37.8 Å². The minimum Gasteiger partial charge on any atom is -0.465 e. The lowest BCUT2D eigenvalue weighted by molar-refractivity contribution is 0.0600. The number of hydrogen-bond donors (Lipinski definition) is 1. The molecule has 3 aromatic rings. The predicted octanol–water partition coefficient (Wildman–Crippen LogP) is 1.74. The molecule has 0 bridgehead atoms. The fourth-order valence-electron chi connectivity index (χ4n) is 2.42. The van der Waals surface area contributed by atoms with Crippen LogP contribution in [0.5, 0.6) is 0 Å². The molecule has 3 rings (SSSR count). The lowest BCUT2D eigenvalue weighted by Gasteiger charge is -2.09. The summed E-state index contributed by atoms with van der Waals surface area (Å²) in [6, 6.07) is 12.2. The summed E-state index contributed by atoms with van der Waals surface area (Å²) in [4.78, 5) is 24.3. The van der Waals surface area contributed by atoms with E-state index in [1.54, 1.807) is 6.07 Å². The molecule has 10 heteroatoms. The Hall–Kier alpha value is -2.82. The first-order valence-electron chi connectivity index (χ1n) is 8.21. The number of esters is 1. The Morgan fingerprint density at radius 3 is 2.57 bits per heavy atom. The summed E-state index contributed by atoms with van der Waals surface area (Å²) in [6.45, 7) is 0.0689.